The molecule has 1 aromatic carbocycles. The zero-order chi connectivity index (χ0) is 19.4. The van der Waals surface area contributed by atoms with E-state index in [9.17, 15) is 14.0 Å². The zero-order valence-electron chi connectivity index (χ0n) is 15.5. The van der Waals surface area contributed by atoms with Crippen LogP contribution in [0.4, 0.5) is 10.1 Å². The van der Waals surface area contributed by atoms with Gasteiger partial charge in [0.1, 0.15) is 10.8 Å². The van der Waals surface area contributed by atoms with Crippen molar-refractivity contribution in [3.63, 3.8) is 0 Å². The van der Waals surface area contributed by atoms with Crippen molar-refractivity contribution in [2.45, 2.75) is 30.8 Å². The Morgan fingerprint density at radius 1 is 1.37 bits per heavy atom. The van der Waals surface area contributed by atoms with Crippen LogP contribution in [0.2, 0.25) is 0 Å². The second kappa shape index (κ2) is 8.67. The van der Waals surface area contributed by atoms with E-state index in [1.54, 1.807) is 16.7 Å². The highest BCUT2D eigenvalue weighted by atomic mass is 32.2. The van der Waals surface area contributed by atoms with Crippen molar-refractivity contribution >= 4 is 23.4 Å². The molecule has 0 spiro atoms. The lowest BCUT2D eigenvalue weighted by atomic mass is 10.2. The summed E-state index contributed by atoms with van der Waals surface area (Å²) in [5.74, 6) is -0.524. The number of nitrogens with zero attached hydrogens (tertiary/aromatic N) is 2. The van der Waals surface area contributed by atoms with Crippen LogP contribution >= 0.6 is 11.8 Å². The molecule has 0 bridgehead atoms. The summed E-state index contributed by atoms with van der Waals surface area (Å²) in [6.07, 6.45) is 2.75. The van der Waals surface area contributed by atoms with E-state index < -0.39 is 5.82 Å². The van der Waals surface area contributed by atoms with E-state index in [2.05, 4.69) is 24.4 Å². The van der Waals surface area contributed by atoms with Crippen LogP contribution < -0.4 is 15.9 Å². The third kappa shape index (κ3) is 4.95. The van der Waals surface area contributed by atoms with Gasteiger partial charge in [-0.05, 0) is 37.5 Å². The Bertz CT molecular complexity index is 898. The second-order valence-electron chi connectivity index (χ2n) is 6.93. The molecule has 0 atom stereocenters. The Kier molecular flexibility index (Phi) is 6.28. The molecular formula is C19H24FN4O2S+. The molecule has 2 aromatic rings. The summed E-state index contributed by atoms with van der Waals surface area (Å²) in [5.41, 5.74) is 2.32. The lowest BCUT2D eigenvalue weighted by molar-refractivity contribution is -0.859. The van der Waals surface area contributed by atoms with Crippen LogP contribution in [0.5, 0.6) is 0 Å². The first-order chi connectivity index (χ1) is 12.9. The van der Waals surface area contributed by atoms with Gasteiger partial charge in [0, 0.05) is 16.9 Å². The molecule has 0 radical (unpaired) electrons. The maximum Gasteiger partial charge on any atom is 0.349 e. The second-order valence-corrected chi connectivity index (χ2v) is 7.90. The fourth-order valence-corrected chi connectivity index (χ4v) is 4.05. The van der Waals surface area contributed by atoms with Gasteiger partial charge in [0.25, 0.3) is 0 Å². The number of carbonyl (C=O) groups excluding carboxylic acids is 1. The zero-order valence-corrected chi connectivity index (χ0v) is 16.4. The van der Waals surface area contributed by atoms with E-state index >= 15 is 0 Å². The van der Waals surface area contributed by atoms with Gasteiger partial charge in [-0.2, -0.15) is 4.98 Å². The monoisotopic (exact) mass is 391 g/mol. The largest absolute Gasteiger partial charge is 0.349 e. The summed E-state index contributed by atoms with van der Waals surface area (Å²) >= 11 is 1.27. The Morgan fingerprint density at radius 2 is 2.19 bits per heavy atom. The molecule has 0 unspecified atom stereocenters. The third-order valence-electron chi connectivity index (χ3n) is 4.48. The van der Waals surface area contributed by atoms with E-state index in [1.807, 2.05) is 0 Å². The van der Waals surface area contributed by atoms with Gasteiger partial charge < -0.3 is 10.2 Å². The van der Waals surface area contributed by atoms with E-state index in [0.29, 0.717) is 17.3 Å². The molecule has 6 nitrogen and oxygen atoms in total. The molecular weight excluding hydrogens is 367 g/mol. The molecule has 0 aliphatic heterocycles. The third-order valence-corrected chi connectivity index (χ3v) is 5.50. The van der Waals surface area contributed by atoms with Crippen LogP contribution in [-0.4, -0.2) is 41.9 Å². The number of benzene rings is 1. The first-order valence-electron chi connectivity index (χ1n) is 9.04. The summed E-state index contributed by atoms with van der Waals surface area (Å²) in [6.45, 7) is 1.51. The standard InChI is InChI=1S/C19H23FN4O2S/c1-23(2)9-10-24-16-8-4-7-15(16)18(22-19(24)26)27-12-17(25)21-14-6-3-5-13(20)11-14/h3,5-6,11H,4,7-10,12H2,1-2H3,(H,21,25)/p+1. The van der Waals surface area contributed by atoms with Gasteiger partial charge in [0.15, 0.2) is 0 Å². The number of carbonyl (C=O) groups is 1. The lowest BCUT2D eigenvalue weighted by Crippen LogP contribution is -3.06. The number of rotatable bonds is 7. The van der Waals surface area contributed by atoms with Gasteiger partial charge in [-0.3, -0.25) is 9.36 Å². The van der Waals surface area contributed by atoms with Crippen LogP contribution in [0.1, 0.15) is 17.7 Å². The molecule has 1 aliphatic carbocycles. The van der Waals surface area contributed by atoms with E-state index in [4.69, 9.17) is 0 Å². The van der Waals surface area contributed by atoms with Gasteiger partial charge in [-0.1, -0.05) is 17.8 Å². The number of likely N-dealkylation sites (N-methyl/N-ethyl adjacent to an activating group) is 1. The highest BCUT2D eigenvalue weighted by Gasteiger charge is 2.22. The van der Waals surface area contributed by atoms with E-state index in [1.165, 1.54) is 28.8 Å². The molecule has 144 valence electrons. The normalized spacial score (nSPS) is 13.0. The molecule has 1 amide bonds. The average molecular weight is 391 g/mol. The number of anilines is 1. The number of amides is 1. The number of hydrogen-bond acceptors (Lipinski definition) is 4. The molecule has 0 saturated carbocycles. The Balaban J connectivity index is 1.70. The van der Waals surface area contributed by atoms with Crippen LogP contribution in [0, 0.1) is 5.82 Å². The fourth-order valence-electron chi connectivity index (χ4n) is 3.17. The molecule has 3 rings (SSSR count). The molecule has 1 heterocycles. The number of nitrogens with one attached hydrogen (secondary N) is 2. The summed E-state index contributed by atoms with van der Waals surface area (Å²) in [5, 5.41) is 3.31. The SMILES string of the molecule is C[NH+](C)CCn1c2c(c(SCC(=O)Nc3cccc(F)c3)nc1=O)CCC2. The first-order valence-corrected chi connectivity index (χ1v) is 10.0. The van der Waals surface area contributed by atoms with Crippen molar-refractivity contribution in [2.24, 2.45) is 0 Å². The van der Waals surface area contributed by atoms with Crippen LogP contribution in [0.3, 0.4) is 0 Å². The minimum absolute atomic E-state index is 0.126. The predicted molar refractivity (Wildman–Crippen MR) is 104 cm³/mol. The van der Waals surface area contributed by atoms with Gasteiger partial charge in [-0.25, -0.2) is 9.18 Å². The Morgan fingerprint density at radius 3 is 2.93 bits per heavy atom. The van der Waals surface area contributed by atoms with Gasteiger partial charge >= 0.3 is 5.69 Å². The number of fused-ring (bicyclic) bond motifs is 1. The summed E-state index contributed by atoms with van der Waals surface area (Å²) < 4.78 is 15.0. The van der Waals surface area contributed by atoms with Crippen LogP contribution in [0.15, 0.2) is 34.1 Å². The predicted octanol–water partition coefficient (Wildman–Crippen LogP) is 0.746. The van der Waals surface area contributed by atoms with Crippen molar-refractivity contribution in [2.75, 3.05) is 31.7 Å². The molecule has 2 N–H and O–H groups in total. The summed E-state index contributed by atoms with van der Waals surface area (Å²) in [6, 6.07) is 5.77. The Labute approximate surface area is 161 Å². The molecule has 1 aliphatic rings. The molecule has 8 heteroatoms. The van der Waals surface area contributed by atoms with E-state index in [0.717, 1.165) is 37.1 Å². The van der Waals surface area contributed by atoms with Crippen molar-refractivity contribution < 1.29 is 14.1 Å². The molecule has 27 heavy (non-hydrogen) atoms. The molecule has 0 saturated heterocycles. The number of thioether (sulfide) groups is 1. The highest BCUT2D eigenvalue weighted by Crippen LogP contribution is 2.29. The smallest absolute Gasteiger partial charge is 0.338 e. The number of hydrogen-bond donors (Lipinski definition) is 2. The number of quaternary nitrogens is 1. The van der Waals surface area contributed by atoms with Crippen LogP contribution in [-0.2, 0) is 24.2 Å². The number of aromatic nitrogens is 2. The fraction of sp³-hybridized carbons (Fsp3) is 0.421. The van der Waals surface area contributed by atoms with Gasteiger partial charge in [-0.15, -0.1) is 0 Å². The van der Waals surface area contributed by atoms with Crippen molar-refractivity contribution in [1.82, 2.24) is 9.55 Å². The average Bonchev–Trinajstić information content (AvgIpc) is 3.08. The van der Waals surface area contributed by atoms with Crippen molar-refractivity contribution in [1.29, 1.82) is 0 Å². The van der Waals surface area contributed by atoms with E-state index in [-0.39, 0.29) is 17.3 Å². The summed E-state index contributed by atoms with van der Waals surface area (Å²) in [7, 11) is 4.11. The van der Waals surface area contributed by atoms with Gasteiger partial charge in [0.2, 0.25) is 5.91 Å². The molecule has 1 aromatic heterocycles. The van der Waals surface area contributed by atoms with Gasteiger partial charge in [0.05, 0.1) is 32.9 Å². The topological polar surface area (TPSA) is 68.4 Å². The summed E-state index contributed by atoms with van der Waals surface area (Å²) in [4.78, 5) is 30.1. The quantitative estimate of drug-likeness (QED) is 0.540. The number of halogens is 1. The van der Waals surface area contributed by atoms with Crippen molar-refractivity contribution in [3.8, 4) is 0 Å². The highest BCUT2D eigenvalue weighted by molar-refractivity contribution is 8.00. The molecule has 0 fully saturated rings. The Hall–Kier alpha value is -2.19. The van der Waals surface area contributed by atoms with Crippen molar-refractivity contribution in [3.05, 3.63) is 51.8 Å². The minimum atomic E-state index is -0.400. The first kappa shape index (κ1) is 19.6. The lowest BCUT2D eigenvalue weighted by Gasteiger charge is -2.15. The maximum atomic E-state index is 13.2. The maximum absolute atomic E-state index is 13.2. The van der Waals surface area contributed by atoms with Crippen LogP contribution in [0.25, 0.3) is 0 Å². The minimum Gasteiger partial charge on any atom is -0.338 e.